The van der Waals surface area contributed by atoms with E-state index in [1.807, 2.05) is 12.1 Å². The molecule has 0 unspecified atom stereocenters. The predicted molar refractivity (Wildman–Crippen MR) is 89.9 cm³/mol. The van der Waals surface area contributed by atoms with Gasteiger partial charge in [-0.1, -0.05) is 42.1 Å². The fraction of sp³-hybridized carbons (Fsp3) is 0.222. The SMILES string of the molecule is Cc1ccc(-c2nnc(SCc3ccccc3C)o2)cc1C. The van der Waals surface area contributed by atoms with Crippen molar-refractivity contribution in [3.8, 4) is 11.5 Å². The summed E-state index contributed by atoms with van der Waals surface area (Å²) in [5.41, 5.74) is 6.03. The van der Waals surface area contributed by atoms with Crippen molar-refractivity contribution in [2.24, 2.45) is 0 Å². The zero-order valence-corrected chi connectivity index (χ0v) is 13.8. The van der Waals surface area contributed by atoms with Gasteiger partial charge in [0.1, 0.15) is 0 Å². The molecule has 3 nitrogen and oxygen atoms in total. The lowest BCUT2D eigenvalue weighted by Gasteiger charge is -2.02. The number of benzene rings is 2. The molecule has 0 aliphatic heterocycles. The molecule has 0 radical (unpaired) electrons. The minimum absolute atomic E-state index is 0.579. The molecule has 1 heterocycles. The second-order valence-corrected chi connectivity index (χ2v) is 6.31. The van der Waals surface area contributed by atoms with Crippen LogP contribution in [-0.4, -0.2) is 10.2 Å². The lowest BCUT2D eigenvalue weighted by Crippen LogP contribution is -1.85. The lowest BCUT2D eigenvalue weighted by molar-refractivity contribution is 0.466. The van der Waals surface area contributed by atoms with Crippen LogP contribution in [0.2, 0.25) is 0 Å². The minimum atomic E-state index is 0.579. The first-order valence-electron chi connectivity index (χ1n) is 7.22. The molecular formula is C18H18N2OS. The Morgan fingerprint density at radius 3 is 2.50 bits per heavy atom. The Morgan fingerprint density at radius 2 is 1.73 bits per heavy atom. The number of hydrogen-bond donors (Lipinski definition) is 0. The van der Waals surface area contributed by atoms with Gasteiger partial charge < -0.3 is 4.42 Å². The first-order valence-corrected chi connectivity index (χ1v) is 8.20. The molecule has 4 heteroatoms. The summed E-state index contributed by atoms with van der Waals surface area (Å²) < 4.78 is 5.77. The summed E-state index contributed by atoms with van der Waals surface area (Å²) >= 11 is 1.57. The van der Waals surface area contributed by atoms with E-state index < -0.39 is 0 Å². The molecule has 2 aromatic carbocycles. The number of aromatic nitrogens is 2. The smallest absolute Gasteiger partial charge is 0.277 e. The Labute approximate surface area is 134 Å². The summed E-state index contributed by atoms with van der Waals surface area (Å²) in [7, 11) is 0. The molecule has 0 bridgehead atoms. The highest BCUT2D eigenvalue weighted by atomic mass is 32.2. The first kappa shape index (κ1) is 14.9. The van der Waals surface area contributed by atoms with E-state index in [1.54, 1.807) is 11.8 Å². The van der Waals surface area contributed by atoms with Crippen molar-refractivity contribution in [1.82, 2.24) is 10.2 Å². The highest BCUT2D eigenvalue weighted by Crippen LogP contribution is 2.27. The lowest BCUT2D eigenvalue weighted by atomic mass is 10.1. The van der Waals surface area contributed by atoms with Crippen LogP contribution >= 0.6 is 11.8 Å². The molecule has 3 aromatic rings. The molecule has 3 rings (SSSR count). The second-order valence-electron chi connectivity index (χ2n) is 5.39. The summed E-state index contributed by atoms with van der Waals surface area (Å²) in [5, 5.41) is 8.90. The van der Waals surface area contributed by atoms with Gasteiger partial charge in [0.05, 0.1) is 0 Å². The monoisotopic (exact) mass is 310 g/mol. The van der Waals surface area contributed by atoms with Crippen LogP contribution in [0.15, 0.2) is 52.1 Å². The van der Waals surface area contributed by atoms with Gasteiger partial charge in [-0.3, -0.25) is 0 Å². The maximum Gasteiger partial charge on any atom is 0.277 e. The molecule has 112 valence electrons. The molecule has 0 aliphatic rings. The molecular weight excluding hydrogens is 292 g/mol. The van der Waals surface area contributed by atoms with E-state index in [0.29, 0.717) is 11.1 Å². The van der Waals surface area contributed by atoms with Crippen molar-refractivity contribution in [2.75, 3.05) is 0 Å². The maximum atomic E-state index is 5.77. The van der Waals surface area contributed by atoms with Crippen LogP contribution in [0.3, 0.4) is 0 Å². The largest absolute Gasteiger partial charge is 0.411 e. The summed E-state index contributed by atoms with van der Waals surface area (Å²) in [6.45, 7) is 6.30. The molecule has 1 aromatic heterocycles. The zero-order chi connectivity index (χ0) is 15.5. The molecule has 0 spiro atoms. The number of aryl methyl sites for hydroxylation is 3. The van der Waals surface area contributed by atoms with Crippen LogP contribution in [-0.2, 0) is 5.75 Å². The Morgan fingerprint density at radius 1 is 0.909 bits per heavy atom. The molecule has 0 atom stereocenters. The average molecular weight is 310 g/mol. The molecule has 0 aliphatic carbocycles. The van der Waals surface area contributed by atoms with E-state index >= 15 is 0 Å². The van der Waals surface area contributed by atoms with Crippen molar-refractivity contribution in [1.29, 1.82) is 0 Å². The van der Waals surface area contributed by atoms with E-state index in [4.69, 9.17) is 4.42 Å². The molecule has 0 saturated heterocycles. The van der Waals surface area contributed by atoms with Gasteiger partial charge in [-0.05, 0) is 55.2 Å². The van der Waals surface area contributed by atoms with E-state index in [2.05, 4.69) is 61.3 Å². The molecule has 0 amide bonds. The Balaban J connectivity index is 1.74. The first-order chi connectivity index (χ1) is 10.6. The average Bonchev–Trinajstić information content (AvgIpc) is 2.98. The number of nitrogens with zero attached hydrogens (tertiary/aromatic N) is 2. The van der Waals surface area contributed by atoms with Gasteiger partial charge in [-0.25, -0.2) is 0 Å². The fourth-order valence-corrected chi connectivity index (χ4v) is 3.01. The van der Waals surface area contributed by atoms with Gasteiger partial charge in [0.15, 0.2) is 0 Å². The summed E-state index contributed by atoms with van der Waals surface area (Å²) in [5.74, 6) is 1.41. The van der Waals surface area contributed by atoms with Crippen LogP contribution in [0.4, 0.5) is 0 Å². The van der Waals surface area contributed by atoms with Crippen LogP contribution < -0.4 is 0 Å². The highest BCUT2D eigenvalue weighted by molar-refractivity contribution is 7.98. The molecule has 0 fully saturated rings. The van der Waals surface area contributed by atoms with Crippen LogP contribution in [0.1, 0.15) is 22.3 Å². The second kappa shape index (κ2) is 6.36. The van der Waals surface area contributed by atoms with Crippen molar-refractivity contribution in [3.63, 3.8) is 0 Å². The van der Waals surface area contributed by atoms with Gasteiger partial charge in [-0.2, -0.15) is 0 Å². The van der Waals surface area contributed by atoms with Crippen LogP contribution in [0, 0.1) is 20.8 Å². The molecule has 22 heavy (non-hydrogen) atoms. The van der Waals surface area contributed by atoms with Crippen LogP contribution in [0.25, 0.3) is 11.5 Å². The van der Waals surface area contributed by atoms with Crippen molar-refractivity contribution < 1.29 is 4.42 Å². The third kappa shape index (κ3) is 3.22. The standard InChI is InChI=1S/C18H18N2OS/c1-12-8-9-15(10-14(12)3)17-19-20-18(21-17)22-11-16-7-5-4-6-13(16)2/h4-10H,11H2,1-3H3. The van der Waals surface area contributed by atoms with Crippen molar-refractivity contribution >= 4 is 11.8 Å². The van der Waals surface area contributed by atoms with Gasteiger partial charge in [0.2, 0.25) is 5.89 Å². The summed E-state index contributed by atoms with van der Waals surface area (Å²) in [4.78, 5) is 0. The van der Waals surface area contributed by atoms with Gasteiger partial charge in [0.25, 0.3) is 5.22 Å². The van der Waals surface area contributed by atoms with E-state index in [-0.39, 0.29) is 0 Å². The number of thioether (sulfide) groups is 1. The number of hydrogen-bond acceptors (Lipinski definition) is 4. The Kier molecular flexibility index (Phi) is 4.29. The summed E-state index contributed by atoms with van der Waals surface area (Å²) in [6.07, 6.45) is 0. The molecule has 0 saturated carbocycles. The van der Waals surface area contributed by atoms with Gasteiger partial charge in [0, 0.05) is 11.3 Å². The van der Waals surface area contributed by atoms with Gasteiger partial charge in [-0.15, -0.1) is 10.2 Å². The van der Waals surface area contributed by atoms with Crippen LogP contribution in [0.5, 0.6) is 0 Å². The summed E-state index contributed by atoms with van der Waals surface area (Å²) in [6, 6.07) is 14.5. The topological polar surface area (TPSA) is 38.9 Å². The van der Waals surface area contributed by atoms with Gasteiger partial charge >= 0.3 is 0 Å². The van der Waals surface area contributed by atoms with Crippen molar-refractivity contribution in [2.45, 2.75) is 31.7 Å². The quantitative estimate of drug-likeness (QED) is 0.639. The number of rotatable bonds is 4. The Hall–Kier alpha value is -2.07. The fourth-order valence-electron chi connectivity index (χ4n) is 2.17. The molecule has 0 N–H and O–H groups in total. The van der Waals surface area contributed by atoms with Crippen molar-refractivity contribution in [3.05, 3.63) is 64.7 Å². The highest BCUT2D eigenvalue weighted by Gasteiger charge is 2.10. The zero-order valence-electron chi connectivity index (χ0n) is 13.0. The van der Waals surface area contributed by atoms with E-state index in [9.17, 15) is 0 Å². The van der Waals surface area contributed by atoms with E-state index in [0.717, 1.165) is 11.3 Å². The third-order valence-corrected chi connectivity index (χ3v) is 4.64. The maximum absolute atomic E-state index is 5.77. The minimum Gasteiger partial charge on any atom is -0.411 e. The predicted octanol–water partition coefficient (Wildman–Crippen LogP) is 4.95. The Bertz CT molecular complexity index is 795. The third-order valence-electron chi connectivity index (χ3n) is 3.77. The normalized spacial score (nSPS) is 10.9. The van der Waals surface area contributed by atoms with E-state index in [1.165, 1.54) is 22.3 Å².